The van der Waals surface area contributed by atoms with Gasteiger partial charge in [-0.1, -0.05) is 30.3 Å². The molecule has 0 spiro atoms. The second kappa shape index (κ2) is 8.99. The molecule has 1 aliphatic rings. The second-order valence-corrected chi connectivity index (χ2v) is 8.13. The number of rotatable bonds is 7. The number of ether oxygens (including phenoxy) is 2. The molecule has 0 radical (unpaired) electrons. The quantitative estimate of drug-likeness (QED) is 0.327. The van der Waals surface area contributed by atoms with Crippen LogP contribution in [0.2, 0.25) is 0 Å². The summed E-state index contributed by atoms with van der Waals surface area (Å²) in [6.45, 7) is 0.843. The van der Waals surface area contributed by atoms with Gasteiger partial charge in [0.25, 0.3) is 11.7 Å². The number of aliphatic hydroxyl groups is 1. The zero-order chi connectivity index (χ0) is 23.7. The summed E-state index contributed by atoms with van der Waals surface area (Å²) in [6, 6.07) is 11.9. The molecule has 0 saturated carbocycles. The van der Waals surface area contributed by atoms with Gasteiger partial charge in [0.15, 0.2) is 11.5 Å². The van der Waals surface area contributed by atoms with Crippen LogP contribution in [0.5, 0.6) is 11.5 Å². The lowest BCUT2D eigenvalue weighted by molar-refractivity contribution is -0.140. The van der Waals surface area contributed by atoms with E-state index >= 15 is 0 Å². The van der Waals surface area contributed by atoms with E-state index in [1.165, 1.54) is 19.1 Å². The molecule has 2 aromatic carbocycles. The number of amides is 1. The SMILES string of the molecule is COc1cccc([C@@H]2C(=C(O)c3c[nH]c4ccccc34)C(=O)C(=O)N2CCN(C)C)c1OC. The molecule has 1 aliphatic heterocycles. The number of aromatic amines is 1. The summed E-state index contributed by atoms with van der Waals surface area (Å²) < 4.78 is 11.1. The third-order valence-corrected chi connectivity index (χ3v) is 5.90. The van der Waals surface area contributed by atoms with Gasteiger partial charge in [-0.2, -0.15) is 0 Å². The summed E-state index contributed by atoms with van der Waals surface area (Å²) in [6.07, 6.45) is 1.65. The Morgan fingerprint density at radius 2 is 1.85 bits per heavy atom. The Balaban J connectivity index is 1.96. The van der Waals surface area contributed by atoms with Crippen molar-refractivity contribution in [3.8, 4) is 11.5 Å². The molecule has 1 fully saturated rings. The molecule has 1 amide bonds. The van der Waals surface area contributed by atoms with Crippen LogP contribution >= 0.6 is 0 Å². The van der Waals surface area contributed by atoms with E-state index in [-0.39, 0.29) is 11.3 Å². The molecule has 1 saturated heterocycles. The van der Waals surface area contributed by atoms with E-state index in [2.05, 4.69) is 4.98 Å². The zero-order valence-corrected chi connectivity index (χ0v) is 19.1. The lowest BCUT2D eigenvalue weighted by atomic mass is 9.94. The van der Waals surface area contributed by atoms with E-state index in [9.17, 15) is 14.7 Å². The topological polar surface area (TPSA) is 95.1 Å². The highest BCUT2D eigenvalue weighted by Crippen LogP contribution is 2.45. The van der Waals surface area contributed by atoms with Gasteiger partial charge in [-0.05, 0) is 26.2 Å². The number of hydrogen-bond donors (Lipinski definition) is 2. The Kier molecular flexibility index (Phi) is 6.11. The van der Waals surface area contributed by atoms with Crippen LogP contribution in [-0.2, 0) is 9.59 Å². The van der Waals surface area contributed by atoms with Gasteiger partial charge in [-0.15, -0.1) is 0 Å². The lowest BCUT2D eigenvalue weighted by Gasteiger charge is -2.28. The number of aliphatic hydroxyl groups excluding tert-OH is 1. The predicted molar refractivity (Wildman–Crippen MR) is 125 cm³/mol. The number of aromatic nitrogens is 1. The maximum absolute atomic E-state index is 13.3. The minimum atomic E-state index is -0.830. The normalized spacial score (nSPS) is 17.8. The van der Waals surface area contributed by atoms with Gasteiger partial charge in [0.05, 0.1) is 25.8 Å². The van der Waals surface area contributed by atoms with Gasteiger partial charge in [0.1, 0.15) is 5.76 Å². The number of para-hydroxylation sites is 2. The molecule has 33 heavy (non-hydrogen) atoms. The lowest BCUT2D eigenvalue weighted by Crippen LogP contribution is -2.35. The van der Waals surface area contributed by atoms with Gasteiger partial charge >= 0.3 is 0 Å². The number of benzene rings is 2. The molecule has 1 aromatic heterocycles. The van der Waals surface area contributed by atoms with Crippen molar-refractivity contribution in [2.24, 2.45) is 0 Å². The highest BCUT2D eigenvalue weighted by atomic mass is 16.5. The van der Waals surface area contributed by atoms with Crippen LogP contribution in [0.25, 0.3) is 16.7 Å². The fourth-order valence-electron chi connectivity index (χ4n) is 4.28. The molecule has 0 bridgehead atoms. The summed E-state index contributed by atoms with van der Waals surface area (Å²) in [4.78, 5) is 32.9. The molecule has 8 heteroatoms. The van der Waals surface area contributed by atoms with Crippen LogP contribution in [0.15, 0.2) is 54.2 Å². The van der Waals surface area contributed by atoms with Crippen molar-refractivity contribution >= 4 is 28.4 Å². The second-order valence-electron chi connectivity index (χ2n) is 8.13. The Labute approximate surface area is 192 Å². The molecule has 0 aliphatic carbocycles. The molecule has 2 heterocycles. The van der Waals surface area contributed by atoms with Crippen molar-refractivity contribution < 1.29 is 24.2 Å². The molecule has 4 rings (SSSR count). The average molecular weight is 450 g/mol. The molecule has 3 aromatic rings. The number of carbonyl (C=O) groups excluding carboxylic acids is 2. The van der Waals surface area contributed by atoms with Gasteiger partial charge < -0.3 is 29.4 Å². The molecule has 0 unspecified atom stereocenters. The molecule has 2 N–H and O–H groups in total. The van der Waals surface area contributed by atoms with Crippen LogP contribution < -0.4 is 9.47 Å². The number of Topliss-reactive ketones (excluding diaryl/α,β-unsaturated/α-hetero) is 1. The zero-order valence-electron chi connectivity index (χ0n) is 19.1. The Hall–Kier alpha value is -3.78. The fraction of sp³-hybridized carbons (Fsp3) is 0.280. The van der Waals surface area contributed by atoms with E-state index in [0.717, 1.165) is 10.9 Å². The van der Waals surface area contributed by atoms with Crippen molar-refractivity contribution in [3.05, 3.63) is 65.4 Å². The maximum atomic E-state index is 13.3. The van der Waals surface area contributed by atoms with Crippen LogP contribution in [0.4, 0.5) is 0 Å². The number of hydrogen-bond acceptors (Lipinski definition) is 6. The van der Waals surface area contributed by atoms with Crippen molar-refractivity contribution in [1.82, 2.24) is 14.8 Å². The predicted octanol–water partition coefficient (Wildman–Crippen LogP) is 3.17. The summed E-state index contributed by atoms with van der Waals surface area (Å²) in [5.74, 6) is -0.737. The average Bonchev–Trinajstić information content (AvgIpc) is 3.35. The highest BCUT2D eigenvalue weighted by molar-refractivity contribution is 6.46. The number of nitrogens with zero attached hydrogens (tertiary/aromatic N) is 2. The summed E-state index contributed by atoms with van der Waals surface area (Å²) in [5.41, 5.74) is 1.87. The minimum absolute atomic E-state index is 0.0232. The highest BCUT2D eigenvalue weighted by Gasteiger charge is 2.47. The van der Waals surface area contributed by atoms with Crippen LogP contribution in [0.1, 0.15) is 17.2 Å². The Morgan fingerprint density at radius 1 is 1.09 bits per heavy atom. The molecule has 8 nitrogen and oxygen atoms in total. The van der Waals surface area contributed by atoms with Crippen molar-refractivity contribution in [2.75, 3.05) is 41.4 Å². The van der Waals surface area contributed by atoms with Crippen molar-refractivity contribution in [1.29, 1.82) is 0 Å². The number of methoxy groups -OCH3 is 2. The maximum Gasteiger partial charge on any atom is 0.295 e. The fourth-order valence-corrected chi connectivity index (χ4v) is 4.28. The summed E-state index contributed by atoms with van der Waals surface area (Å²) in [5, 5.41) is 12.1. The van der Waals surface area contributed by atoms with Gasteiger partial charge in [-0.3, -0.25) is 9.59 Å². The van der Waals surface area contributed by atoms with Gasteiger partial charge in [-0.25, -0.2) is 0 Å². The first-order valence-corrected chi connectivity index (χ1v) is 10.6. The third-order valence-electron chi connectivity index (χ3n) is 5.90. The van der Waals surface area contributed by atoms with Crippen LogP contribution in [0, 0.1) is 0 Å². The number of nitrogens with one attached hydrogen (secondary N) is 1. The van der Waals surface area contributed by atoms with Gasteiger partial charge in [0, 0.05) is 41.3 Å². The first-order chi connectivity index (χ1) is 15.9. The number of ketones is 1. The number of H-pyrrole nitrogens is 1. The number of likely N-dealkylation sites (N-methyl/N-ethyl adjacent to an activating group) is 1. The third kappa shape index (κ3) is 3.82. The molecular weight excluding hydrogens is 422 g/mol. The van der Waals surface area contributed by atoms with Crippen molar-refractivity contribution in [3.63, 3.8) is 0 Å². The van der Waals surface area contributed by atoms with E-state index in [1.807, 2.05) is 43.3 Å². The molecule has 172 valence electrons. The monoisotopic (exact) mass is 449 g/mol. The molecular formula is C25H27N3O5. The smallest absolute Gasteiger partial charge is 0.295 e. The van der Waals surface area contributed by atoms with E-state index in [4.69, 9.17) is 9.47 Å². The van der Waals surface area contributed by atoms with E-state index in [0.29, 0.717) is 35.7 Å². The summed E-state index contributed by atoms with van der Waals surface area (Å²) >= 11 is 0. The van der Waals surface area contributed by atoms with Crippen LogP contribution in [-0.4, -0.2) is 73.0 Å². The number of fused-ring (bicyclic) bond motifs is 1. The Bertz CT molecular complexity index is 1240. The first-order valence-electron chi connectivity index (χ1n) is 10.6. The first kappa shape index (κ1) is 22.4. The van der Waals surface area contributed by atoms with E-state index in [1.54, 1.807) is 24.4 Å². The standard InChI is InChI=1S/C25H27N3O5/c1-27(2)12-13-28-21(16-9-7-11-19(32-3)24(16)33-4)20(23(30)25(28)31)22(29)17-14-26-18-10-6-5-8-15(17)18/h5-11,14,21,26,29H,12-13H2,1-4H3/t21-/m1/s1. The summed E-state index contributed by atoms with van der Waals surface area (Å²) in [7, 11) is 6.82. The van der Waals surface area contributed by atoms with E-state index < -0.39 is 17.7 Å². The minimum Gasteiger partial charge on any atom is -0.507 e. The Morgan fingerprint density at radius 3 is 2.55 bits per heavy atom. The van der Waals surface area contributed by atoms with Crippen LogP contribution in [0.3, 0.4) is 0 Å². The number of carbonyl (C=O) groups is 2. The number of likely N-dealkylation sites (tertiary alicyclic amines) is 1. The van der Waals surface area contributed by atoms with Crippen molar-refractivity contribution in [2.45, 2.75) is 6.04 Å². The largest absolute Gasteiger partial charge is 0.507 e. The molecule has 1 atom stereocenters. The van der Waals surface area contributed by atoms with Gasteiger partial charge in [0.2, 0.25) is 0 Å².